The zero-order valence-electron chi connectivity index (χ0n) is 11.5. The lowest BCUT2D eigenvalue weighted by atomic mass is 10.0. The molecule has 0 saturated heterocycles. The Morgan fingerprint density at radius 3 is 2.26 bits per heavy atom. The molecule has 0 saturated carbocycles. The van der Waals surface area contributed by atoms with Gasteiger partial charge in [-0.2, -0.15) is 0 Å². The summed E-state index contributed by atoms with van der Waals surface area (Å²) >= 11 is 1.65. The van der Waals surface area contributed by atoms with Gasteiger partial charge in [0.1, 0.15) is 5.82 Å². The minimum Gasteiger partial charge on any atom is -0.398 e. The molecule has 0 heterocycles. The number of hydrogen-bond acceptors (Lipinski definition) is 2. The normalized spacial score (nSPS) is 10.7. The number of nitrogen functional groups attached to an aromatic ring is 1. The second-order valence-corrected chi connectivity index (χ2v) is 5.87. The van der Waals surface area contributed by atoms with E-state index in [1.54, 1.807) is 17.8 Å². The quantitative estimate of drug-likeness (QED) is 0.653. The lowest BCUT2D eigenvalue weighted by Gasteiger charge is -2.12. The van der Waals surface area contributed by atoms with E-state index in [9.17, 15) is 4.39 Å². The highest BCUT2D eigenvalue weighted by molar-refractivity contribution is 7.98. The first-order chi connectivity index (χ1) is 8.97. The van der Waals surface area contributed by atoms with Crippen LogP contribution in [0.4, 0.5) is 10.1 Å². The Kier molecular flexibility index (Phi) is 4.15. The van der Waals surface area contributed by atoms with Crippen molar-refractivity contribution in [2.24, 2.45) is 0 Å². The van der Waals surface area contributed by atoms with Crippen molar-refractivity contribution in [1.29, 1.82) is 0 Å². The smallest absolute Gasteiger partial charge is 0.125 e. The molecule has 1 nitrogen and oxygen atoms in total. The first-order valence-electron chi connectivity index (χ1n) is 6.22. The van der Waals surface area contributed by atoms with Gasteiger partial charge in [-0.1, -0.05) is 17.7 Å². The molecule has 100 valence electrons. The molecule has 0 bridgehead atoms. The molecule has 2 N–H and O–H groups in total. The van der Waals surface area contributed by atoms with Gasteiger partial charge >= 0.3 is 0 Å². The van der Waals surface area contributed by atoms with Crippen LogP contribution in [0.2, 0.25) is 0 Å². The number of benzene rings is 2. The average Bonchev–Trinajstić information content (AvgIpc) is 2.30. The molecular formula is C16H18FNS. The van der Waals surface area contributed by atoms with E-state index in [-0.39, 0.29) is 5.82 Å². The van der Waals surface area contributed by atoms with E-state index >= 15 is 0 Å². The molecule has 0 aromatic heterocycles. The van der Waals surface area contributed by atoms with Crippen molar-refractivity contribution in [2.45, 2.75) is 31.4 Å². The molecular weight excluding hydrogens is 257 g/mol. The van der Waals surface area contributed by atoms with Crippen molar-refractivity contribution in [3.63, 3.8) is 0 Å². The van der Waals surface area contributed by atoms with E-state index in [2.05, 4.69) is 32.9 Å². The fraction of sp³-hybridized carbons (Fsp3) is 0.250. The van der Waals surface area contributed by atoms with Crippen LogP contribution in [-0.2, 0) is 5.75 Å². The van der Waals surface area contributed by atoms with Crippen molar-refractivity contribution in [3.05, 3.63) is 58.4 Å². The average molecular weight is 275 g/mol. The van der Waals surface area contributed by atoms with Gasteiger partial charge in [-0.15, -0.1) is 11.8 Å². The van der Waals surface area contributed by atoms with Gasteiger partial charge in [0.05, 0.1) is 0 Å². The third-order valence-electron chi connectivity index (χ3n) is 3.18. The second kappa shape index (κ2) is 5.66. The molecule has 0 spiro atoms. The molecule has 19 heavy (non-hydrogen) atoms. The molecule has 0 aliphatic heterocycles. The molecule has 2 aromatic carbocycles. The minimum atomic E-state index is -0.287. The molecule has 0 atom stereocenters. The van der Waals surface area contributed by atoms with Gasteiger partial charge < -0.3 is 5.73 Å². The van der Waals surface area contributed by atoms with Gasteiger partial charge in [-0.25, -0.2) is 4.39 Å². The van der Waals surface area contributed by atoms with E-state index in [0.29, 0.717) is 5.69 Å². The summed E-state index contributed by atoms with van der Waals surface area (Å²) < 4.78 is 13.0. The Bertz CT molecular complexity index is 585. The summed E-state index contributed by atoms with van der Waals surface area (Å²) in [4.78, 5) is 0.931. The molecule has 0 fully saturated rings. The lowest BCUT2D eigenvalue weighted by molar-refractivity contribution is 0.627. The molecule has 0 aliphatic rings. The third kappa shape index (κ3) is 3.29. The predicted molar refractivity (Wildman–Crippen MR) is 81.0 cm³/mol. The van der Waals surface area contributed by atoms with Crippen molar-refractivity contribution in [1.82, 2.24) is 0 Å². The van der Waals surface area contributed by atoms with Crippen LogP contribution in [0.1, 0.15) is 22.3 Å². The summed E-state index contributed by atoms with van der Waals surface area (Å²) in [7, 11) is 0. The van der Waals surface area contributed by atoms with Gasteiger partial charge in [0.25, 0.3) is 0 Å². The van der Waals surface area contributed by atoms with E-state index < -0.39 is 0 Å². The molecule has 3 heteroatoms. The summed E-state index contributed by atoms with van der Waals surface area (Å²) in [5.41, 5.74) is 11.5. The Morgan fingerprint density at radius 1 is 1.05 bits per heavy atom. The van der Waals surface area contributed by atoms with Crippen LogP contribution in [0.25, 0.3) is 0 Å². The third-order valence-corrected chi connectivity index (χ3v) is 4.30. The fourth-order valence-corrected chi connectivity index (χ4v) is 3.38. The summed E-state index contributed by atoms with van der Waals surface area (Å²) in [6, 6.07) is 8.95. The van der Waals surface area contributed by atoms with Gasteiger partial charge in [0, 0.05) is 16.3 Å². The maximum absolute atomic E-state index is 13.0. The highest BCUT2D eigenvalue weighted by atomic mass is 32.2. The Hall–Kier alpha value is -1.48. The van der Waals surface area contributed by atoms with Crippen molar-refractivity contribution < 1.29 is 4.39 Å². The number of nitrogens with two attached hydrogens (primary N) is 1. The largest absolute Gasteiger partial charge is 0.398 e. The number of aryl methyl sites for hydroxylation is 3. The zero-order valence-corrected chi connectivity index (χ0v) is 12.3. The lowest BCUT2D eigenvalue weighted by Crippen LogP contribution is -1.95. The molecule has 0 unspecified atom stereocenters. The molecule has 0 radical (unpaired) electrons. The van der Waals surface area contributed by atoms with Crippen LogP contribution in [-0.4, -0.2) is 0 Å². The zero-order chi connectivity index (χ0) is 14.0. The number of anilines is 1. The number of thioether (sulfide) groups is 1. The summed E-state index contributed by atoms with van der Waals surface area (Å²) in [6.45, 7) is 6.36. The summed E-state index contributed by atoms with van der Waals surface area (Å²) in [5.74, 6) is 0.567. The van der Waals surface area contributed by atoms with Crippen LogP contribution in [0.5, 0.6) is 0 Å². The van der Waals surface area contributed by atoms with E-state index in [1.165, 1.54) is 34.4 Å². The van der Waals surface area contributed by atoms with Crippen LogP contribution < -0.4 is 5.73 Å². The van der Waals surface area contributed by atoms with Crippen LogP contribution >= 0.6 is 11.8 Å². The molecule has 2 rings (SSSR count). The topological polar surface area (TPSA) is 26.0 Å². The Balaban J connectivity index is 2.19. The monoisotopic (exact) mass is 275 g/mol. The second-order valence-electron chi connectivity index (χ2n) is 4.85. The first-order valence-corrected chi connectivity index (χ1v) is 7.20. The van der Waals surface area contributed by atoms with Crippen LogP contribution in [0.15, 0.2) is 35.2 Å². The summed E-state index contributed by atoms with van der Waals surface area (Å²) in [5, 5.41) is 0. The van der Waals surface area contributed by atoms with E-state index in [4.69, 9.17) is 5.73 Å². The van der Waals surface area contributed by atoms with E-state index in [1.807, 2.05) is 0 Å². The van der Waals surface area contributed by atoms with E-state index in [0.717, 1.165) is 10.6 Å². The first kappa shape index (κ1) is 13.9. The van der Waals surface area contributed by atoms with Crippen molar-refractivity contribution in [3.8, 4) is 0 Å². The minimum absolute atomic E-state index is 0.287. The number of rotatable bonds is 3. The number of halogens is 1. The van der Waals surface area contributed by atoms with Gasteiger partial charge in [0.15, 0.2) is 0 Å². The highest BCUT2D eigenvalue weighted by Gasteiger charge is 2.07. The van der Waals surface area contributed by atoms with Crippen LogP contribution in [0, 0.1) is 26.6 Å². The van der Waals surface area contributed by atoms with Gasteiger partial charge in [-0.05, 0) is 55.7 Å². The van der Waals surface area contributed by atoms with Crippen molar-refractivity contribution in [2.75, 3.05) is 5.73 Å². The van der Waals surface area contributed by atoms with Crippen LogP contribution in [0.3, 0.4) is 0 Å². The number of hydrogen-bond donors (Lipinski definition) is 1. The van der Waals surface area contributed by atoms with Crippen molar-refractivity contribution >= 4 is 17.4 Å². The highest BCUT2D eigenvalue weighted by Crippen LogP contribution is 2.31. The standard InChI is InChI=1S/C16H18FNS/c1-10-6-11(2)14(12(3)7-10)9-19-16-5-4-13(17)8-15(16)18/h4-8H,9,18H2,1-3H3. The van der Waals surface area contributed by atoms with Gasteiger partial charge in [0.2, 0.25) is 0 Å². The molecule has 2 aromatic rings. The SMILES string of the molecule is Cc1cc(C)c(CSc2ccc(F)cc2N)c(C)c1. The maximum Gasteiger partial charge on any atom is 0.125 e. The summed E-state index contributed by atoms with van der Waals surface area (Å²) in [6.07, 6.45) is 0. The predicted octanol–water partition coefficient (Wildman–Crippen LogP) is 4.63. The fourth-order valence-electron chi connectivity index (χ4n) is 2.24. The Labute approximate surface area is 118 Å². The Morgan fingerprint density at radius 2 is 1.68 bits per heavy atom. The molecule has 0 amide bonds. The molecule has 0 aliphatic carbocycles. The van der Waals surface area contributed by atoms with Gasteiger partial charge in [-0.3, -0.25) is 0 Å². The maximum atomic E-state index is 13.0.